The molecule has 1 atom stereocenters. The highest BCUT2D eigenvalue weighted by molar-refractivity contribution is 6.31. The van der Waals surface area contributed by atoms with E-state index in [9.17, 15) is 14.9 Å². The first kappa shape index (κ1) is 16.7. The van der Waals surface area contributed by atoms with Gasteiger partial charge in [0.2, 0.25) is 5.91 Å². The van der Waals surface area contributed by atoms with Crippen molar-refractivity contribution < 1.29 is 9.72 Å². The van der Waals surface area contributed by atoms with E-state index in [1.807, 2.05) is 18.7 Å². The van der Waals surface area contributed by atoms with E-state index in [-0.39, 0.29) is 22.6 Å². The molecule has 1 unspecified atom stereocenters. The molecule has 5 nitrogen and oxygen atoms in total. The number of fused-ring (bicyclic) bond motifs is 1. The summed E-state index contributed by atoms with van der Waals surface area (Å²) in [6.45, 7) is 4.63. The maximum Gasteiger partial charge on any atom is 0.272 e. The number of nitro benzene ring substituents is 1. The fourth-order valence-corrected chi connectivity index (χ4v) is 3.45. The molecule has 0 aliphatic heterocycles. The Morgan fingerprint density at radius 2 is 2.14 bits per heavy atom. The Hall–Kier alpha value is -1.62. The minimum Gasteiger partial charge on any atom is -0.339 e. The Bertz CT molecular complexity index is 589. The number of halogens is 1. The molecule has 0 saturated carbocycles. The van der Waals surface area contributed by atoms with Gasteiger partial charge in [-0.05, 0) is 37.3 Å². The Labute approximate surface area is 135 Å². The van der Waals surface area contributed by atoms with E-state index in [2.05, 4.69) is 0 Å². The van der Waals surface area contributed by atoms with Gasteiger partial charge in [-0.25, -0.2) is 0 Å². The molecule has 1 amide bonds. The van der Waals surface area contributed by atoms with Crippen molar-refractivity contribution in [3.05, 3.63) is 38.4 Å². The van der Waals surface area contributed by atoms with Crippen molar-refractivity contribution in [2.24, 2.45) is 0 Å². The predicted octanol–water partition coefficient (Wildman–Crippen LogP) is 3.75. The second-order valence-electron chi connectivity index (χ2n) is 5.62. The normalized spacial score (nSPS) is 17.0. The first-order chi connectivity index (χ1) is 10.5. The largest absolute Gasteiger partial charge is 0.339 e. The Kier molecular flexibility index (Phi) is 5.40. The smallest absolute Gasteiger partial charge is 0.272 e. The second-order valence-corrected chi connectivity index (χ2v) is 6.03. The summed E-state index contributed by atoms with van der Waals surface area (Å²) in [6.07, 6.45) is 3.32. The van der Waals surface area contributed by atoms with Gasteiger partial charge in [-0.2, -0.15) is 0 Å². The van der Waals surface area contributed by atoms with Crippen LogP contribution in [0, 0.1) is 10.1 Å². The second kappa shape index (κ2) is 7.09. The third-order valence-electron chi connectivity index (χ3n) is 4.24. The van der Waals surface area contributed by atoms with Gasteiger partial charge < -0.3 is 4.90 Å². The van der Waals surface area contributed by atoms with Gasteiger partial charge in [0.05, 0.1) is 4.92 Å². The van der Waals surface area contributed by atoms with Gasteiger partial charge >= 0.3 is 0 Å². The van der Waals surface area contributed by atoms with E-state index in [1.54, 1.807) is 6.07 Å². The van der Waals surface area contributed by atoms with Crippen LogP contribution in [0.4, 0.5) is 5.69 Å². The zero-order chi connectivity index (χ0) is 16.3. The molecule has 0 radical (unpaired) electrons. The van der Waals surface area contributed by atoms with Crippen LogP contribution < -0.4 is 0 Å². The number of hydrogen-bond acceptors (Lipinski definition) is 3. The minimum absolute atomic E-state index is 0.0828. The van der Waals surface area contributed by atoms with E-state index >= 15 is 0 Å². The van der Waals surface area contributed by atoms with Crippen LogP contribution in [0.2, 0.25) is 5.02 Å². The maximum atomic E-state index is 12.2. The van der Waals surface area contributed by atoms with Crippen LogP contribution in [-0.2, 0) is 17.6 Å². The summed E-state index contributed by atoms with van der Waals surface area (Å²) in [5.74, 6) is 0.136. The summed E-state index contributed by atoms with van der Waals surface area (Å²) in [5.41, 5.74) is 1.70. The first-order valence-corrected chi connectivity index (χ1v) is 8.11. The lowest BCUT2D eigenvalue weighted by Crippen LogP contribution is -2.43. The average molecular weight is 325 g/mol. The lowest BCUT2D eigenvalue weighted by molar-refractivity contribution is -0.385. The zero-order valence-electron chi connectivity index (χ0n) is 13.0. The van der Waals surface area contributed by atoms with Gasteiger partial charge in [0.15, 0.2) is 0 Å². The quantitative estimate of drug-likeness (QED) is 0.612. The molecule has 1 aromatic rings. The highest BCUT2D eigenvalue weighted by atomic mass is 35.5. The summed E-state index contributed by atoms with van der Waals surface area (Å²) in [4.78, 5) is 24.9. The summed E-state index contributed by atoms with van der Waals surface area (Å²) < 4.78 is 0. The van der Waals surface area contributed by atoms with Crippen LogP contribution in [0.5, 0.6) is 0 Å². The third kappa shape index (κ3) is 3.24. The highest BCUT2D eigenvalue weighted by Gasteiger charge is 2.31. The topological polar surface area (TPSA) is 63.5 Å². The molecule has 0 fully saturated rings. The SMILES string of the molecule is CCCN(C(=O)CC)C1CCc2c([N+](=O)[O-])ccc(Cl)c2C1. The lowest BCUT2D eigenvalue weighted by Gasteiger charge is -2.35. The van der Waals surface area contributed by atoms with E-state index in [0.717, 1.165) is 30.5 Å². The van der Waals surface area contributed by atoms with Crippen molar-refractivity contribution in [3.8, 4) is 0 Å². The van der Waals surface area contributed by atoms with Crippen LogP contribution in [0.1, 0.15) is 44.2 Å². The Morgan fingerprint density at radius 3 is 2.73 bits per heavy atom. The van der Waals surface area contributed by atoms with Gasteiger partial charge in [-0.1, -0.05) is 25.4 Å². The van der Waals surface area contributed by atoms with Crippen molar-refractivity contribution in [2.75, 3.05) is 6.54 Å². The summed E-state index contributed by atoms with van der Waals surface area (Å²) in [7, 11) is 0. The summed E-state index contributed by atoms with van der Waals surface area (Å²) in [5, 5.41) is 11.7. The van der Waals surface area contributed by atoms with Crippen molar-refractivity contribution >= 4 is 23.2 Å². The molecule has 0 N–H and O–H groups in total. The van der Waals surface area contributed by atoms with Crippen molar-refractivity contribution in [2.45, 2.75) is 52.0 Å². The molecule has 0 heterocycles. The first-order valence-electron chi connectivity index (χ1n) is 7.73. The number of hydrogen-bond donors (Lipinski definition) is 0. The van der Waals surface area contributed by atoms with Crippen molar-refractivity contribution in [1.82, 2.24) is 4.90 Å². The molecule has 0 spiro atoms. The fourth-order valence-electron chi connectivity index (χ4n) is 3.19. The van der Waals surface area contributed by atoms with Gasteiger partial charge in [-0.3, -0.25) is 14.9 Å². The molecule has 120 valence electrons. The van der Waals surface area contributed by atoms with Crippen molar-refractivity contribution in [1.29, 1.82) is 0 Å². The summed E-state index contributed by atoms with van der Waals surface area (Å²) >= 11 is 6.25. The standard InChI is InChI=1S/C16H21ClN2O3/c1-3-9-18(16(20)4-2)11-5-6-12-13(10-11)14(17)7-8-15(12)19(21)22/h7-8,11H,3-6,9-10H2,1-2H3. The number of carbonyl (C=O) groups excluding carboxylic acids is 1. The molecule has 2 rings (SSSR count). The number of amides is 1. The molecular weight excluding hydrogens is 304 g/mol. The average Bonchev–Trinajstić information content (AvgIpc) is 2.51. The molecule has 6 heteroatoms. The van der Waals surface area contributed by atoms with Gasteiger partial charge in [0.25, 0.3) is 5.69 Å². The lowest BCUT2D eigenvalue weighted by atomic mass is 9.86. The van der Waals surface area contributed by atoms with Crippen molar-refractivity contribution in [3.63, 3.8) is 0 Å². The zero-order valence-corrected chi connectivity index (χ0v) is 13.7. The van der Waals surface area contributed by atoms with Crippen LogP contribution in [0.3, 0.4) is 0 Å². The van der Waals surface area contributed by atoms with E-state index in [4.69, 9.17) is 11.6 Å². The molecule has 0 bridgehead atoms. The van der Waals surface area contributed by atoms with E-state index < -0.39 is 0 Å². The molecule has 1 aliphatic rings. The van der Waals surface area contributed by atoms with E-state index in [1.165, 1.54) is 6.07 Å². The third-order valence-corrected chi connectivity index (χ3v) is 4.60. The van der Waals surface area contributed by atoms with Gasteiger partial charge in [0, 0.05) is 35.7 Å². The number of nitro groups is 1. The number of rotatable bonds is 5. The summed E-state index contributed by atoms with van der Waals surface area (Å²) in [6, 6.07) is 3.15. The minimum atomic E-state index is -0.351. The molecule has 0 aromatic heterocycles. The Balaban J connectivity index is 2.32. The predicted molar refractivity (Wildman–Crippen MR) is 86.2 cm³/mol. The molecular formula is C16H21ClN2O3. The number of benzene rings is 1. The van der Waals surface area contributed by atoms with Crippen LogP contribution >= 0.6 is 11.6 Å². The molecule has 1 aliphatic carbocycles. The molecule has 22 heavy (non-hydrogen) atoms. The van der Waals surface area contributed by atoms with Gasteiger partial charge in [-0.15, -0.1) is 0 Å². The fraction of sp³-hybridized carbons (Fsp3) is 0.562. The maximum absolute atomic E-state index is 12.2. The highest BCUT2D eigenvalue weighted by Crippen LogP contribution is 2.35. The number of nitrogens with zero attached hydrogens (tertiary/aromatic N) is 2. The Morgan fingerprint density at radius 1 is 1.41 bits per heavy atom. The molecule has 0 saturated heterocycles. The van der Waals surface area contributed by atoms with E-state index in [0.29, 0.717) is 24.3 Å². The monoisotopic (exact) mass is 324 g/mol. The van der Waals surface area contributed by atoms with Crippen LogP contribution in [-0.4, -0.2) is 28.3 Å². The van der Waals surface area contributed by atoms with Gasteiger partial charge in [0.1, 0.15) is 0 Å². The van der Waals surface area contributed by atoms with Crippen LogP contribution in [0.15, 0.2) is 12.1 Å². The molecule has 1 aromatic carbocycles. The number of carbonyl (C=O) groups is 1. The van der Waals surface area contributed by atoms with Crippen LogP contribution in [0.25, 0.3) is 0 Å².